The summed E-state index contributed by atoms with van der Waals surface area (Å²) in [5.74, 6) is 2.86. The number of hydrogen-bond acceptors (Lipinski definition) is 3. The maximum atomic E-state index is 5.86. The van der Waals surface area contributed by atoms with E-state index in [0.717, 1.165) is 21.9 Å². The molecular formula is C12H18BrN3. The SMILES string of the molecule is Cc1nc(C2CCC(C)CC2)nc(N)c1Br. The molecule has 1 aromatic rings. The van der Waals surface area contributed by atoms with E-state index in [9.17, 15) is 0 Å². The molecule has 1 aliphatic rings. The van der Waals surface area contributed by atoms with Gasteiger partial charge in [0, 0.05) is 5.92 Å². The van der Waals surface area contributed by atoms with Gasteiger partial charge in [0.1, 0.15) is 11.6 Å². The van der Waals surface area contributed by atoms with Crippen molar-refractivity contribution in [2.45, 2.75) is 45.4 Å². The molecular weight excluding hydrogens is 266 g/mol. The Labute approximate surface area is 105 Å². The van der Waals surface area contributed by atoms with Crippen LogP contribution in [0.25, 0.3) is 0 Å². The summed E-state index contributed by atoms with van der Waals surface area (Å²) in [6, 6.07) is 0. The summed E-state index contributed by atoms with van der Waals surface area (Å²) in [5, 5.41) is 0. The van der Waals surface area contributed by atoms with Crippen molar-refractivity contribution in [3.8, 4) is 0 Å². The second-order valence-corrected chi connectivity index (χ2v) is 5.62. The zero-order valence-corrected chi connectivity index (χ0v) is 11.4. The number of rotatable bonds is 1. The van der Waals surface area contributed by atoms with Crippen molar-refractivity contribution in [1.29, 1.82) is 0 Å². The van der Waals surface area contributed by atoms with Crippen LogP contribution in [0.2, 0.25) is 0 Å². The van der Waals surface area contributed by atoms with Crippen LogP contribution in [0.4, 0.5) is 5.82 Å². The van der Waals surface area contributed by atoms with Gasteiger partial charge in [-0.1, -0.05) is 19.8 Å². The predicted octanol–water partition coefficient (Wildman–Crippen LogP) is 3.42. The van der Waals surface area contributed by atoms with Crippen molar-refractivity contribution in [2.75, 3.05) is 5.73 Å². The van der Waals surface area contributed by atoms with E-state index in [-0.39, 0.29) is 0 Å². The van der Waals surface area contributed by atoms with Crippen LogP contribution >= 0.6 is 15.9 Å². The lowest BCUT2D eigenvalue weighted by Gasteiger charge is -2.25. The maximum absolute atomic E-state index is 5.86. The topological polar surface area (TPSA) is 51.8 Å². The number of hydrogen-bond donors (Lipinski definition) is 1. The van der Waals surface area contributed by atoms with Crippen LogP contribution in [-0.2, 0) is 0 Å². The summed E-state index contributed by atoms with van der Waals surface area (Å²) >= 11 is 3.40. The largest absolute Gasteiger partial charge is 0.383 e. The van der Waals surface area contributed by atoms with Gasteiger partial charge in [0.25, 0.3) is 0 Å². The van der Waals surface area contributed by atoms with Crippen molar-refractivity contribution in [1.82, 2.24) is 9.97 Å². The lowest BCUT2D eigenvalue weighted by Crippen LogP contribution is -2.15. The van der Waals surface area contributed by atoms with Gasteiger partial charge in [-0.05, 0) is 41.6 Å². The Morgan fingerprint density at radius 1 is 1.19 bits per heavy atom. The van der Waals surface area contributed by atoms with Crippen molar-refractivity contribution >= 4 is 21.7 Å². The molecule has 0 aromatic carbocycles. The van der Waals surface area contributed by atoms with Gasteiger partial charge in [0.05, 0.1) is 10.2 Å². The summed E-state index contributed by atoms with van der Waals surface area (Å²) < 4.78 is 0.834. The molecule has 1 aromatic heterocycles. The Balaban J connectivity index is 2.21. The van der Waals surface area contributed by atoms with Gasteiger partial charge < -0.3 is 5.73 Å². The summed E-state index contributed by atoms with van der Waals surface area (Å²) in [7, 11) is 0. The van der Waals surface area contributed by atoms with Crippen molar-refractivity contribution in [3.05, 3.63) is 16.0 Å². The molecule has 16 heavy (non-hydrogen) atoms. The monoisotopic (exact) mass is 283 g/mol. The number of aromatic nitrogens is 2. The Morgan fingerprint density at radius 3 is 2.38 bits per heavy atom. The molecule has 3 nitrogen and oxygen atoms in total. The summed E-state index contributed by atoms with van der Waals surface area (Å²) in [6.45, 7) is 4.29. The fourth-order valence-corrected chi connectivity index (χ4v) is 2.48. The second-order valence-electron chi connectivity index (χ2n) is 4.82. The van der Waals surface area contributed by atoms with Crippen molar-refractivity contribution in [3.63, 3.8) is 0 Å². The van der Waals surface area contributed by atoms with E-state index >= 15 is 0 Å². The van der Waals surface area contributed by atoms with Crippen LogP contribution in [0.5, 0.6) is 0 Å². The minimum Gasteiger partial charge on any atom is -0.383 e. The highest BCUT2D eigenvalue weighted by molar-refractivity contribution is 9.10. The predicted molar refractivity (Wildman–Crippen MR) is 69.3 cm³/mol. The first-order valence-corrected chi connectivity index (χ1v) is 6.66. The van der Waals surface area contributed by atoms with Crippen LogP contribution in [0.3, 0.4) is 0 Å². The van der Waals surface area contributed by atoms with Gasteiger partial charge in [-0.15, -0.1) is 0 Å². The van der Waals surface area contributed by atoms with Gasteiger partial charge in [0.15, 0.2) is 0 Å². The molecule has 2 N–H and O–H groups in total. The average Bonchev–Trinajstić information content (AvgIpc) is 2.26. The van der Waals surface area contributed by atoms with Crippen LogP contribution in [-0.4, -0.2) is 9.97 Å². The summed E-state index contributed by atoms with van der Waals surface area (Å²) in [5.41, 5.74) is 6.80. The molecule has 0 radical (unpaired) electrons. The van der Waals surface area contributed by atoms with Crippen molar-refractivity contribution < 1.29 is 0 Å². The Bertz CT molecular complexity index is 361. The van der Waals surface area contributed by atoms with E-state index in [1.54, 1.807) is 0 Å². The summed E-state index contributed by atoms with van der Waals surface area (Å²) in [6.07, 6.45) is 4.95. The Hall–Kier alpha value is -0.640. The van der Waals surface area contributed by atoms with Gasteiger partial charge in [-0.25, -0.2) is 9.97 Å². The van der Waals surface area contributed by atoms with E-state index < -0.39 is 0 Å². The molecule has 1 aliphatic carbocycles. The lowest BCUT2D eigenvalue weighted by molar-refractivity contribution is 0.339. The molecule has 0 unspecified atom stereocenters. The summed E-state index contributed by atoms with van der Waals surface area (Å²) in [4.78, 5) is 8.95. The molecule has 2 rings (SSSR count). The number of nitrogens with two attached hydrogens (primary N) is 1. The van der Waals surface area contributed by atoms with Gasteiger partial charge in [-0.2, -0.15) is 0 Å². The van der Waals surface area contributed by atoms with Crippen LogP contribution in [0.1, 0.15) is 50.0 Å². The van der Waals surface area contributed by atoms with E-state index in [1.165, 1.54) is 25.7 Å². The fraction of sp³-hybridized carbons (Fsp3) is 0.667. The molecule has 1 saturated carbocycles. The second kappa shape index (κ2) is 4.70. The molecule has 1 heterocycles. The number of anilines is 1. The van der Waals surface area contributed by atoms with Crippen LogP contribution < -0.4 is 5.73 Å². The highest BCUT2D eigenvalue weighted by Gasteiger charge is 2.22. The third-order valence-corrected chi connectivity index (χ3v) is 4.42. The first-order chi connectivity index (χ1) is 7.58. The van der Waals surface area contributed by atoms with Crippen LogP contribution in [0, 0.1) is 12.8 Å². The normalized spacial score (nSPS) is 25.7. The third-order valence-electron chi connectivity index (χ3n) is 3.44. The number of halogens is 1. The minimum atomic E-state index is 0.505. The van der Waals surface area contributed by atoms with Crippen LogP contribution in [0.15, 0.2) is 4.47 Å². The van der Waals surface area contributed by atoms with E-state index in [1.807, 2.05) is 6.92 Å². The highest BCUT2D eigenvalue weighted by Crippen LogP contribution is 2.35. The zero-order valence-electron chi connectivity index (χ0n) is 9.83. The molecule has 88 valence electrons. The van der Waals surface area contributed by atoms with Crippen molar-refractivity contribution in [2.24, 2.45) is 5.92 Å². The van der Waals surface area contributed by atoms with E-state index in [0.29, 0.717) is 11.7 Å². The molecule has 0 atom stereocenters. The van der Waals surface area contributed by atoms with Gasteiger partial charge >= 0.3 is 0 Å². The molecule has 0 aliphatic heterocycles. The molecule has 0 amide bonds. The zero-order chi connectivity index (χ0) is 11.7. The quantitative estimate of drug-likeness (QED) is 0.859. The molecule has 4 heteroatoms. The van der Waals surface area contributed by atoms with Gasteiger partial charge in [-0.3, -0.25) is 0 Å². The highest BCUT2D eigenvalue weighted by atomic mass is 79.9. The van der Waals surface area contributed by atoms with Gasteiger partial charge in [0.2, 0.25) is 0 Å². The Kier molecular flexibility index (Phi) is 3.47. The number of nitrogens with zero attached hydrogens (tertiary/aromatic N) is 2. The smallest absolute Gasteiger partial charge is 0.141 e. The maximum Gasteiger partial charge on any atom is 0.141 e. The van der Waals surface area contributed by atoms with E-state index in [2.05, 4.69) is 32.8 Å². The fourth-order valence-electron chi connectivity index (χ4n) is 2.30. The lowest BCUT2D eigenvalue weighted by atomic mass is 9.82. The first-order valence-electron chi connectivity index (χ1n) is 5.87. The minimum absolute atomic E-state index is 0.505. The molecule has 0 spiro atoms. The number of nitrogen functional groups attached to an aromatic ring is 1. The molecule has 1 fully saturated rings. The molecule has 0 saturated heterocycles. The molecule has 0 bridgehead atoms. The first kappa shape index (κ1) is 11.8. The standard InChI is InChI=1S/C12H18BrN3/c1-7-3-5-9(6-4-7)12-15-8(2)10(13)11(14)16-12/h7,9H,3-6H2,1-2H3,(H2,14,15,16). The van der Waals surface area contributed by atoms with E-state index in [4.69, 9.17) is 5.73 Å². The average molecular weight is 284 g/mol. The third kappa shape index (κ3) is 2.37. The number of aryl methyl sites for hydroxylation is 1. The Morgan fingerprint density at radius 2 is 1.81 bits per heavy atom.